The van der Waals surface area contributed by atoms with Crippen LogP contribution in [-0.4, -0.2) is 70.1 Å². The van der Waals surface area contributed by atoms with Gasteiger partial charge in [0.2, 0.25) is 0 Å². The van der Waals surface area contributed by atoms with Crippen molar-refractivity contribution in [1.29, 1.82) is 0 Å². The Kier molecular flexibility index (Phi) is 9.78. The van der Waals surface area contributed by atoms with Crippen molar-refractivity contribution < 1.29 is 46.9 Å². The Morgan fingerprint density at radius 1 is 1.12 bits per heavy atom. The van der Waals surface area contributed by atoms with Gasteiger partial charge in [-0.25, -0.2) is 14.1 Å². The molecule has 0 aliphatic carbocycles. The lowest BCUT2D eigenvalue weighted by atomic mass is 9.97. The molecule has 42 heavy (non-hydrogen) atoms. The molecule has 3 heterocycles. The minimum absolute atomic E-state index is 0.0942. The molecule has 0 amide bonds. The Morgan fingerprint density at radius 3 is 2.48 bits per heavy atom. The fourth-order valence-corrected chi connectivity index (χ4v) is 6.07. The quantitative estimate of drug-likeness (QED) is 0.184. The Bertz CT molecular complexity index is 1470. The molecule has 4 rings (SSSR count). The normalized spacial score (nSPS) is 22.5. The average Bonchev–Trinajstić information content (AvgIpc) is 3.36. The van der Waals surface area contributed by atoms with E-state index in [4.69, 9.17) is 33.7 Å². The van der Waals surface area contributed by atoms with Crippen LogP contribution in [0.4, 0.5) is 5.82 Å². The van der Waals surface area contributed by atoms with Gasteiger partial charge in [-0.2, -0.15) is 10.2 Å². The lowest BCUT2D eigenvalue weighted by Gasteiger charge is -2.41. The van der Waals surface area contributed by atoms with Gasteiger partial charge in [-0.05, 0) is 38.1 Å². The van der Waals surface area contributed by atoms with Gasteiger partial charge in [0, 0.05) is 13.8 Å². The highest BCUT2D eigenvalue weighted by atomic mass is 31.2. The SMILES string of the molecule is CCOC(=O)[C@H](C)N[P@@](=O)(Oc1ccccc1)OC1CO[C@@H](c2ccc3c(N)ncnn23)[C@H](OC(C)=O)C1OC(C)=O. The highest BCUT2D eigenvalue weighted by Gasteiger charge is 2.50. The number of nitrogens with zero attached hydrogens (tertiary/aromatic N) is 3. The van der Waals surface area contributed by atoms with Gasteiger partial charge in [-0.15, -0.1) is 0 Å². The number of fused-ring (bicyclic) bond motifs is 1. The number of esters is 3. The maximum absolute atomic E-state index is 14.2. The Balaban J connectivity index is 1.70. The molecule has 0 saturated carbocycles. The minimum Gasteiger partial charge on any atom is -0.465 e. The summed E-state index contributed by atoms with van der Waals surface area (Å²) in [7, 11) is -4.42. The summed E-state index contributed by atoms with van der Waals surface area (Å²) >= 11 is 0. The second kappa shape index (κ2) is 13.3. The maximum atomic E-state index is 14.2. The van der Waals surface area contributed by atoms with Crippen LogP contribution in [0.1, 0.15) is 39.5 Å². The van der Waals surface area contributed by atoms with Crippen LogP contribution < -0.4 is 15.3 Å². The molecule has 3 N–H and O–H groups in total. The van der Waals surface area contributed by atoms with E-state index < -0.39 is 56.1 Å². The van der Waals surface area contributed by atoms with Crippen LogP contribution in [0.2, 0.25) is 0 Å². The molecule has 1 aromatic carbocycles. The van der Waals surface area contributed by atoms with E-state index in [-0.39, 0.29) is 24.8 Å². The van der Waals surface area contributed by atoms with Crippen molar-refractivity contribution in [3.8, 4) is 5.75 Å². The number of hydrogen-bond donors (Lipinski definition) is 2. The van der Waals surface area contributed by atoms with Crippen molar-refractivity contribution in [2.45, 2.75) is 58.2 Å². The zero-order chi connectivity index (χ0) is 30.4. The third-order valence-corrected chi connectivity index (χ3v) is 7.77. The number of nitrogens with one attached hydrogen (secondary N) is 1. The molecule has 1 saturated heterocycles. The first-order valence-electron chi connectivity index (χ1n) is 13.0. The van der Waals surface area contributed by atoms with Crippen molar-refractivity contribution in [2.24, 2.45) is 0 Å². The summed E-state index contributed by atoms with van der Waals surface area (Å²) in [6.07, 6.45) is -3.68. The van der Waals surface area contributed by atoms with E-state index in [0.29, 0.717) is 11.2 Å². The first-order valence-corrected chi connectivity index (χ1v) is 14.6. The van der Waals surface area contributed by atoms with E-state index in [9.17, 15) is 18.9 Å². The zero-order valence-corrected chi connectivity index (χ0v) is 24.3. The van der Waals surface area contributed by atoms with Crippen LogP contribution in [0.15, 0.2) is 48.8 Å². The summed E-state index contributed by atoms with van der Waals surface area (Å²) in [5, 5.41) is 6.78. The third-order valence-electron chi connectivity index (χ3n) is 6.07. The van der Waals surface area contributed by atoms with Crippen molar-refractivity contribution in [1.82, 2.24) is 19.7 Å². The van der Waals surface area contributed by atoms with E-state index >= 15 is 0 Å². The van der Waals surface area contributed by atoms with Crippen LogP contribution in [0.5, 0.6) is 5.75 Å². The number of carbonyl (C=O) groups excluding carboxylic acids is 3. The zero-order valence-electron chi connectivity index (χ0n) is 23.4. The summed E-state index contributed by atoms with van der Waals surface area (Å²) in [6, 6.07) is 10.3. The molecule has 6 atom stereocenters. The molecule has 1 aliphatic rings. The van der Waals surface area contributed by atoms with E-state index in [0.717, 1.165) is 6.92 Å². The number of hydrogen-bond acceptors (Lipinski definition) is 13. The summed E-state index contributed by atoms with van der Waals surface area (Å²) in [6.45, 7) is 5.18. The van der Waals surface area contributed by atoms with Crippen molar-refractivity contribution in [3.63, 3.8) is 0 Å². The molecule has 0 radical (unpaired) electrons. The van der Waals surface area contributed by atoms with Gasteiger partial charge in [0.15, 0.2) is 18.0 Å². The molecular formula is C26H32N5O10P. The Hall–Kier alpha value is -4.04. The summed E-state index contributed by atoms with van der Waals surface area (Å²) in [4.78, 5) is 40.8. The van der Waals surface area contributed by atoms with Crippen LogP contribution in [-0.2, 0) is 42.4 Å². The molecule has 1 aliphatic heterocycles. The molecule has 1 fully saturated rings. The third kappa shape index (κ3) is 7.23. The van der Waals surface area contributed by atoms with Gasteiger partial charge in [-0.3, -0.25) is 18.9 Å². The van der Waals surface area contributed by atoms with Crippen LogP contribution >= 0.6 is 7.75 Å². The number of ether oxygens (including phenoxy) is 4. The van der Waals surface area contributed by atoms with Gasteiger partial charge >= 0.3 is 25.7 Å². The largest absolute Gasteiger partial charge is 0.465 e. The van der Waals surface area contributed by atoms with Crippen LogP contribution in [0.25, 0.3) is 5.52 Å². The average molecular weight is 606 g/mol. The fraction of sp³-hybridized carbons (Fsp3) is 0.423. The van der Waals surface area contributed by atoms with E-state index in [1.807, 2.05) is 0 Å². The second-order valence-corrected chi connectivity index (χ2v) is 10.9. The predicted molar refractivity (Wildman–Crippen MR) is 146 cm³/mol. The number of para-hydroxylation sites is 1. The highest BCUT2D eigenvalue weighted by molar-refractivity contribution is 7.52. The van der Waals surface area contributed by atoms with Crippen molar-refractivity contribution >= 4 is 37.0 Å². The van der Waals surface area contributed by atoms with Gasteiger partial charge in [0.05, 0.1) is 18.9 Å². The van der Waals surface area contributed by atoms with E-state index in [2.05, 4.69) is 15.2 Å². The van der Waals surface area contributed by atoms with Gasteiger partial charge in [0.25, 0.3) is 0 Å². The Morgan fingerprint density at radius 2 is 1.81 bits per heavy atom. The second-order valence-electron chi connectivity index (χ2n) is 9.25. The lowest BCUT2D eigenvalue weighted by molar-refractivity contribution is -0.217. The maximum Gasteiger partial charge on any atom is 0.459 e. The van der Waals surface area contributed by atoms with E-state index in [1.54, 1.807) is 37.3 Å². The molecule has 0 spiro atoms. The number of aromatic nitrogens is 3. The summed E-state index contributed by atoms with van der Waals surface area (Å²) in [5.74, 6) is -1.77. The van der Waals surface area contributed by atoms with Crippen LogP contribution in [0.3, 0.4) is 0 Å². The molecular weight excluding hydrogens is 573 g/mol. The lowest BCUT2D eigenvalue weighted by Crippen LogP contribution is -2.54. The van der Waals surface area contributed by atoms with Gasteiger partial charge in [0.1, 0.15) is 35.8 Å². The number of carbonyl (C=O) groups is 3. The number of nitrogen functional groups attached to an aromatic ring is 1. The summed E-state index contributed by atoms with van der Waals surface area (Å²) < 4.78 is 49.6. The monoisotopic (exact) mass is 605 g/mol. The Labute approximate surface area is 241 Å². The van der Waals surface area contributed by atoms with Crippen molar-refractivity contribution in [2.75, 3.05) is 18.9 Å². The molecule has 2 unspecified atom stereocenters. The molecule has 16 heteroatoms. The minimum atomic E-state index is -4.42. The van der Waals surface area contributed by atoms with Crippen LogP contribution in [0, 0.1) is 0 Å². The highest BCUT2D eigenvalue weighted by Crippen LogP contribution is 2.48. The molecule has 226 valence electrons. The smallest absolute Gasteiger partial charge is 0.459 e. The topological polar surface area (TPSA) is 192 Å². The number of anilines is 1. The first-order chi connectivity index (χ1) is 20.0. The van der Waals surface area contributed by atoms with Gasteiger partial charge in [-0.1, -0.05) is 18.2 Å². The summed E-state index contributed by atoms with van der Waals surface area (Å²) in [5.41, 5.74) is 6.86. The first kappa shape index (κ1) is 30.9. The molecule has 0 bridgehead atoms. The molecule has 3 aromatic rings. The van der Waals surface area contributed by atoms with Crippen molar-refractivity contribution in [3.05, 3.63) is 54.5 Å². The van der Waals surface area contributed by atoms with E-state index in [1.165, 1.54) is 36.8 Å². The predicted octanol–water partition coefficient (Wildman–Crippen LogP) is 2.36. The van der Waals surface area contributed by atoms with Gasteiger partial charge < -0.3 is 29.2 Å². The number of benzene rings is 1. The molecule has 15 nitrogen and oxygen atoms in total. The molecule has 2 aromatic heterocycles. The number of nitrogens with two attached hydrogens (primary N) is 1. The number of rotatable bonds is 11. The fourth-order valence-electron chi connectivity index (χ4n) is 4.39. The standard InChI is InChI=1S/C26H32N5O10P/c1-5-36-26(34)15(2)30-42(35,40-18-9-7-6-8-10-18)41-21-13-37-22(24(39-17(4)33)23(21)38-16(3)32)19-11-12-20-25(27)28-14-29-31(19)20/h6-12,14-15,21-24H,5,13H2,1-4H3,(H,30,35)(H2,27,28,29)/t15-,21?,22-,23?,24-,42+/m0/s1.